The van der Waals surface area contributed by atoms with Crippen LogP contribution in [0.5, 0.6) is 5.75 Å². The molecule has 3 aromatic carbocycles. The van der Waals surface area contributed by atoms with Crippen molar-refractivity contribution in [3.8, 4) is 5.75 Å². The summed E-state index contributed by atoms with van der Waals surface area (Å²) in [6, 6.07) is 17.7. The summed E-state index contributed by atoms with van der Waals surface area (Å²) in [5, 5.41) is 25.5. The summed E-state index contributed by atoms with van der Waals surface area (Å²) in [6.45, 7) is 0.0324. The molecule has 0 unspecified atom stereocenters. The zero-order chi connectivity index (χ0) is 18.5. The number of carbonyl (C=O) groups is 1. The number of nitro groups is 1. The highest BCUT2D eigenvalue weighted by atomic mass is 32.2. The number of hydrogen-bond donors (Lipinski definition) is 2. The molecule has 26 heavy (non-hydrogen) atoms. The van der Waals surface area contributed by atoms with Gasteiger partial charge in [-0.25, -0.2) is 0 Å². The van der Waals surface area contributed by atoms with E-state index in [1.165, 1.54) is 30.0 Å². The lowest BCUT2D eigenvalue weighted by molar-refractivity contribution is -0.384. The first kappa shape index (κ1) is 17.8. The standard InChI is InChI=1S/C19H16N2O4S/c22-18-8-6-16(21(24)25)9-15(18)11-20-19(23)12-26-17-7-5-13-3-1-2-4-14(13)10-17/h1-10,22H,11-12H2,(H,20,23). The minimum atomic E-state index is -0.541. The molecule has 0 radical (unpaired) electrons. The van der Waals surface area contributed by atoms with E-state index < -0.39 is 4.92 Å². The molecule has 0 saturated carbocycles. The first-order chi connectivity index (χ1) is 12.5. The molecule has 6 nitrogen and oxygen atoms in total. The van der Waals surface area contributed by atoms with Crippen LogP contribution in [-0.2, 0) is 11.3 Å². The molecule has 1 amide bonds. The van der Waals surface area contributed by atoms with Gasteiger partial charge in [-0.2, -0.15) is 0 Å². The van der Waals surface area contributed by atoms with Crippen LogP contribution in [0.2, 0.25) is 0 Å². The highest BCUT2D eigenvalue weighted by molar-refractivity contribution is 8.00. The fourth-order valence-corrected chi connectivity index (χ4v) is 3.25. The topological polar surface area (TPSA) is 92.5 Å². The summed E-state index contributed by atoms with van der Waals surface area (Å²) in [5.41, 5.74) is 0.181. The number of phenolic OH excluding ortho intramolecular Hbond substituents is 1. The molecule has 0 aromatic heterocycles. The molecule has 0 heterocycles. The second kappa shape index (κ2) is 7.88. The van der Waals surface area contributed by atoms with Crippen LogP contribution < -0.4 is 5.32 Å². The van der Waals surface area contributed by atoms with E-state index in [0.717, 1.165) is 15.7 Å². The number of carbonyl (C=O) groups excluding carboxylic acids is 1. The zero-order valence-electron chi connectivity index (χ0n) is 13.7. The quantitative estimate of drug-likeness (QED) is 0.391. The maximum absolute atomic E-state index is 12.0. The smallest absolute Gasteiger partial charge is 0.270 e. The van der Waals surface area contributed by atoms with E-state index in [9.17, 15) is 20.0 Å². The molecule has 3 aromatic rings. The van der Waals surface area contributed by atoms with Gasteiger partial charge < -0.3 is 10.4 Å². The molecule has 3 rings (SSSR count). The van der Waals surface area contributed by atoms with E-state index in [0.29, 0.717) is 5.56 Å². The number of amides is 1. The third kappa shape index (κ3) is 4.31. The molecule has 0 aliphatic carbocycles. The number of hydrogen-bond acceptors (Lipinski definition) is 5. The van der Waals surface area contributed by atoms with Gasteiger partial charge in [0, 0.05) is 29.1 Å². The predicted molar refractivity (Wildman–Crippen MR) is 101 cm³/mol. The fourth-order valence-electron chi connectivity index (χ4n) is 2.48. The van der Waals surface area contributed by atoms with Gasteiger partial charge in [-0.3, -0.25) is 14.9 Å². The molecule has 0 atom stereocenters. The van der Waals surface area contributed by atoms with Gasteiger partial charge in [0.15, 0.2) is 0 Å². The highest BCUT2D eigenvalue weighted by Gasteiger charge is 2.11. The van der Waals surface area contributed by atoms with Gasteiger partial charge in [0.25, 0.3) is 5.69 Å². The number of nitrogens with one attached hydrogen (secondary N) is 1. The van der Waals surface area contributed by atoms with Crippen molar-refractivity contribution in [2.24, 2.45) is 0 Å². The molecule has 0 spiro atoms. The lowest BCUT2D eigenvalue weighted by atomic mass is 10.1. The predicted octanol–water partition coefficient (Wildman–Crippen LogP) is 3.86. The van der Waals surface area contributed by atoms with Crippen LogP contribution in [0.1, 0.15) is 5.56 Å². The number of fused-ring (bicyclic) bond motifs is 1. The summed E-state index contributed by atoms with van der Waals surface area (Å²) < 4.78 is 0. The molecule has 0 fully saturated rings. The van der Waals surface area contributed by atoms with Gasteiger partial charge in [0.2, 0.25) is 5.91 Å². The van der Waals surface area contributed by atoms with Crippen molar-refractivity contribution in [1.29, 1.82) is 0 Å². The largest absolute Gasteiger partial charge is 0.508 e. The Morgan fingerprint density at radius 3 is 2.62 bits per heavy atom. The second-order valence-corrected chi connectivity index (χ2v) is 6.69. The lowest BCUT2D eigenvalue weighted by Crippen LogP contribution is -2.24. The Hall–Kier alpha value is -3.06. The number of benzene rings is 3. The van der Waals surface area contributed by atoms with Crippen molar-refractivity contribution in [2.75, 3.05) is 5.75 Å². The van der Waals surface area contributed by atoms with Gasteiger partial charge in [-0.1, -0.05) is 30.3 Å². The first-order valence-corrected chi connectivity index (χ1v) is 8.86. The van der Waals surface area contributed by atoms with Gasteiger partial charge in [0.05, 0.1) is 10.7 Å². The Morgan fingerprint density at radius 2 is 1.85 bits per heavy atom. The summed E-state index contributed by atoms with van der Waals surface area (Å²) in [7, 11) is 0. The molecular formula is C19H16N2O4S. The number of phenols is 1. The Morgan fingerprint density at radius 1 is 1.08 bits per heavy atom. The summed E-state index contributed by atoms with van der Waals surface area (Å²) in [5.74, 6) is -0.0826. The van der Waals surface area contributed by atoms with Crippen LogP contribution >= 0.6 is 11.8 Å². The Kier molecular flexibility index (Phi) is 5.38. The van der Waals surface area contributed by atoms with Gasteiger partial charge in [-0.15, -0.1) is 11.8 Å². The molecular weight excluding hydrogens is 352 g/mol. The average Bonchev–Trinajstić information content (AvgIpc) is 2.65. The normalized spacial score (nSPS) is 10.6. The molecule has 132 valence electrons. The number of nitrogens with zero attached hydrogens (tertiary/aromatic N) is 1. The van der Waals surface area contributed by atoms with E-state index in [1.54, 1.807) is 0 Å². The molecule has 0 bridgehead atoms. The summed E-state index contributed by atoms with van der Waals surface area (Å²) >= 11 is 1.41. The third-order valence-corrected chi connectivity index (χ3v) is 4.83. The van der Waals surface area contributed by atoms with Crippen molar-refractivity contribution < 1.29 is 14.8 Å². The van der Waals surface area contributed by atoms with Crippen LogP contribution in [0.25, 0.3) is 10.8 Å². The van der Waals surface area contributed by atoms with Crippen molar-refractivity contribution in [2.45, 2.75) is 11.4 Å². The van der Waals surface area contributed by atoms with E-state index in [1.807, 2.05) is 42.5 Å². The third-order valence-electron chi connectivity index (χ3n) is 3.84. The summed E-state index contributed by atoms with van der Waals surface area (Å²) in [4.78, 5) is 23.3. The van der Waals surface area contributed by atoms with Gasteiger partial charge in [-0.05, 0) is 29.0 Å². The van der Waals surface area contributed by atoms with Crippen molar-refractivity contribution in [3.05, 3.63) is 76.3 Å². The number of non-ortho nitro benzene ring substituents is 1. The number of thioether (sulfide) groups is 1. The van der Waals surface area contributed by atoms with Crippen LogP contribution in [0.4, 0.5) is 5.69 Å². The van der Waals surface area contributed by atoms with Gasteiger partial charge in [0.1, 0.15) is 5.75 Å². The number of aromatic hydroxyl groups is 1. The van der Waals surface area contributed by atoms with Crippen LogP contribution in [0, 0.1) is 10.1 Å². The van der Waals surface area contributed by atoms with Crippen molar-refractivity contribution in [3.63, 3.8) is 0 Å². The molecule has 0 aliphatic rings. The monoisotopic (exact) mass is 368 g/mol. The van der Waals surface area contributed by atoms with Crippen LogP contribution in [0.3, 0.4) is 0 Å². The van der Waals surface area contributed by atoms with Crippen LogP contribution in [0.15, 0.2) is 65.6 Å². The number of rotatable bonds is 6. The zero-order valence-corrected chi connectivity index (χ0v) is 14.5. The van der Waals surface area contributed by atoms with E-state index >= 15 is 0 Å². The fraction of sp³-hybridized carbons (Fsp3) is 0.105. The van der Waals surface area contributed by atoms with Crippen LogP contribution in [-0.4, -0.2) is 21.7 Å². The molecule has 7 heteroatoms. The maximum atomic E-state index is 12.0. The number of nitro benzene ring substituents is 1. The maximum Gasteiger partial charge on any atom is 0.270 e. The Balaban J connectivity index is 1.57. The minimum absolute atomic E-state index is 0.0324. The average molecular weight is 368 g/mol. The molecule has 0 aliphatic heterocycles. The highest BCUT2D eigenvalue weighted by Crippen LogP contribution is 2.24. The Labute approximate surface area is 154 Å². The second-order valence-electron chi connectivity index (χ2n) is 5.64. The van der Waals surface area contributed by atoms with E-state index in [2.05, 4.69) is 5.32 Å². The van der Waals surface area contributed by atoms with E-state index in [4.69, 9.17) is 0 Å². The van der Waals surface area contributed by atoms with Crippen molar-refractivity contribution >= 4 is 34.1 Å². The minimum Gasteiger partial charge on any atom is -0.508 e. The molecule has 2 N–H and O–H groups in total. The van der Waals surface area contributed by atoms with Crippen molar-refractivity contribution in [1.82, 2.24) is 5.32 Å². The van der Waals surface area contributed by atoms with Gasteiger partial charge >= 0.3 is 0 Å². The van der Waals surface area contributed by atoms with E-state index in [-0.39, 0.29) is 29.6 Å². The molecule has 0 saturated heterocycles. The SMILES string of the molecule is O=C(CSc1ccc2ccccc2c1)NCc1cc([N+](=O)[O-])ccc1O. The Bertz CT molecular complexity index is 975. The summed E-state index contributed by atoms with van der Waals surface area (Å²) in [6.07, 6.45) is 0. The lowest BCUT2D eigenvalue weighted by Gasteiger charge is -2.07. The first-order valence-electron chi connectivity index (χ1n) is 7.87.